The Hall–Kier alpha value is -3.60. The van der Waals surface area contributed by atoms with Crippen molar-refractivity contribution in [1.29, 1.82) is 0 Å². The normalized spacial score (nSPS) is 18.2. The predicted octanol–water partition coefficient (Wildman–Crippen LogP) is 5.55. The molecule has 2 aliphatic rings. The molecule has 0 saturated carbocycles. The standard InChI is InChI=1S/C28H28N4O/c33-26-17-22(21-11-8-14-29-28(21)31-15-5-2-6-16-31)23-19-32(18-20-9-3-1-4-10-20)25-13-7-12-24(30-26)27(23)25/h1,3-4,7-14,19,22H,2,5-6,15-18H2,(H,30,33)/t22-/m1/s1. The Morgan fingerprint density at radius 1 is 0.909 bits per heavy atom. The number of piperidine rings is 1. The molecule has 1 saturated heterocycles. The summed E-state index contributed by atoms with van der Waals surface area (Å²) in [6, 6.07) is 20.9. The number of carbonyl (C=O) groups excluding carboxylic acids is 1. The molecule has 5 heteroatoms. The summed E-state index contributed by atoms with van der Waals surface area (Å²) in [5.74, 6) is 1.07. The summed E-state index contributed by atoms with van der Waals surface area (Å²) in [5, 5.41) is 4.33. The Morgan fingerprint density at radius 2 is 1.76 bits per heavy atom. The molecule has 1 atom stereocenters. The minimum absolute atomic E-state index is 0.0289. The summed E-state index contributed by atoms with van der Waals surface area (Å²) in [4.78, 5) is 20.2. The van der Waals surface area contributed by atoms with Gasteiger partial charge in [-0.1, -0.05) is 42.5 Å². The molecule has 2 aromatic carbocycles. The summed E-state index contributed by atoms with van der Waals surface area (Å²) in [5.41, 5.74) is 5.69. The number of nitrogens with zero attached hydrogens (tertiary/aromatic N) is 3. The maximum absolute atomic E-state index is 13.0. The van der Waals surface area contributed by atoms with Crippen molar-refractivity contribution < 1.29 is 4.79 Å². The van der Waals surface area contributed by atoms with Crippen molar-refractivity contribution in [3.8, 4) is 0 Å². The molecule has 2 aliphatic heterocycles. The molecule has 33 heavy (non-hydrogen) atoms. The lowest BCUT2D eigenvalue weighted by molar-refractivity contribution is -0.116. The van der Waals surface area contributed by atoms with Crippen molar-refractivity contribution in [2.75, 3.05) is 23.3 Å². The number of hydrogen-bond donors (Lipinski definition) is 1. The van der Waals surface area contributed by atoms with Gasteiger partial charge in [0.15, 0.2) is 0 Å². The maximum atomic E-state index is 13.0. The van der Waals surface area contributed by atoms with E-state index in [4.69, 9.17) is 4.98 Å². The number of pyridine rings is 1. The maximum Gasteiger partial charge on any atom is 0.225 e. The number of benzene rings is 2. The van der Waals surface area contributed by atoms with Gasteiger partial charge in [-0.05, 0) is 48.6 Å². The quantitative estimate of drug-likeness (QED) is 0.456. The Bertz CT molecular complexity index is 1300. The van der Waals surface area contributed by atoms with Crippen LogP contribution < -0.4 is 10.2 Å². The molecule has 4 aromatic rings. The molecule has 2 aromatic heterocycles. The van der Waals surface area contributed by atoms with Gasteiger partial charge in [-0.15, -0.1) is 0 Å². The van der Waals surface area contributed by atoms with E-state index in [0.29, 0.717) is 6.42 Å². The van der Waals surface area contributed by atoms with Crippen LogP contribution >= 0.6 is 0 Å². The first kappa shape index (κ1) is 20.0. The summed E-state index contributed by atoms with van der Waals surface area (Å²) in [7, 11) is 0. The van der Waals surface area contributed by atoms with E-state index < -0.39 is 0 Å². The van der Waals surface area contributed by atoms with Gasteiger partial charge in [-0.25, -0.2) is 4.98 Å². The largest absolute Gasteiger partial charge is 0.356 e. The SMILES string of the molecule is O=C1C[C@H](c2cccnc2N2CCCCC2)c2cn(Cc3ccccc3)c3cccc(c23)N1. The molecule has 4 heterocycles. The number of anilines is 2. The van der Waals surface area contributed by atoms with E-state index in [1.54, 1.807) is 0 Å². The first-order valence-electron chi connectivity index (χ1n) is 11.9. The molecule has 0 unspecified atom stereocenters. The van der Waals surface area contributed by atoms with Crippen LogP contribution in [0.4, 0.5) is 11.5 Å². The second kappa shape index (κ2) is 8.39. The fourth-order valence-corrected chi connectivity index (χ4v) is 5.49. The molecular weight excluding hydrogens is 408 g/mol. The summed E-state index contributed by atoms with van der Waals surface area (Å²) < 4.78 is 2.32. The number of nitrogens with one attached hydrogen (secondary N) is 1. The molecule has 6 rings (SSSR count). The highest BCUT2D eigenvalue weighted by molar-refractivity contribution is 6.06. The zero-order valence-electron chi connectivity index (χ0n) is 18.7. The van der Waals surface area contributed by atoms with Crippen molar-refractivity contribution in [2.24, 2.45) is 0 Å². The van der Waals surface area contributed by atoms with Gasteiger partial charge >= 0.3 is 0 Å². The van der Waals surface area contributed by atoms with E-state index in [2.05, 4.69) is 63.4 Å². The minimum Gasteiger partial charge on any atom is -0.356 e. The zero-order chi connectivity index (χ0) is 22.2. The number of amides is 1. The van der Waals surface area contributed by atoms with Crippen molar-refractivity contribution in [3.63, 3.8) is 0 Å². The van der Waals surface area contributed by atoms with Crippen LogP contribution in [0.2, 0.25) is 0 Å². The summed E-state index contributed by atoms with van der Waals surface area (Å²) in [6.07, 6.45) is 8.24. The topological polar surface area (TPSA) is 50.2 Å². The van der Waals surface area contributed by atoms with Gasteiger partial charge in [0.05, 0.1) is 11.2 Å². The van der Waals surface area contributed by atoms with Gasteiger partial charge in [0.25, 0.3) is 0 Å². The number of aromatic nitrogens is 2. The second-order valence-electron chi connectivity index (χ2n) is 9.17. The summed E-state index contributed by atoms with van der Waals surface area (Å²) in [6.45, 7) is 2.86. The van der Waals surface area contributed by atoms with E-state index in [1.807, 2.05) is 24.4 Å². The Labute approximate surface area is 194 Å². The minimum atomic E-state index is -0.0289. The number of carbonyl (C=O) groups is 1. The highest BCUT2D eigenvalue weighted by atomic mass is 16.1. The highest BCUT2D eigenvalue weighted by Gasteiger charge is 2.31. The van der Waals surface area contributed by atoms with Crippen molar-refractivity contribution in [2.45, 2.75) is 38.1 Å². The molecule has 1 N–H and O–H groups in total. The van der Waals surface area contributed by atoms with E-state index in [1.165, 1.54) is 30.4 Å². The van der Waals surface area contributed by atoms with E-state index in [-0.39, 0.29) is 11.8 Å². The Kier molecular flexibility index (Phi) is 5.10. The smallest absolute Gasteiger partial charge is 0.225 e. The third kappa shape index (κ3) is 3.67. The van der Waals surface area contributed by atoms with Crippen LogP contribution in [-0.2, 0) is 11.3 Å². The third-order valence-electron chi connectivity index (χ3n) is 7.02. The Balaban J connectivity index is 1.51. The lowest BCUT2D eigenvalue weighted by atomic mass is 9.88. The monoisotopic (exact) mass is 436 g/mol. The molecule has 0 spiro atoms. The number of rotatable bonds is 4. The van der Waals surface area contributed by atoms with Crippen molar-refractivity contribution in [1.82, 2.24) is 9.55 Å². The molecular formula is C28H28N4O. The van der Waals surface area contributed by atoms with Crippen LogP contribution in [-0.4, -0.2) is 28.5 Å². The fraction of sp³-hybridized carbons (Fsp3) is 0.286. The first-order chi connectivity index (χ1) is 16.3. The molecule has 0 radical (unpaired) electrons. The van der Waals surface area contributed by atoms with Crippen LogP contribution in [0.1, 0.15) is 48.3 Å². The van der Waals surface area contributed by atoms with Gasteiger partial charge in [-0.2, -0.15) is 0 Å². The molecule has 0 aliphatic carbocycles. The average Bonchev–Trinajstić information content (AvgIpc) is 3.15. The van der Waals surface area contributed by atoms with Crippen LogP contribution in [0.15, 0.2) is 73.1 Å². The average molecular weight is 437 g/mol. The highest BCUT2D eigenvalue weighted by Crippen LogP contribution is 2.43. The molecule has 1 fully saturated rings. The lowest BCUT2D eigenvalue weighted by Crippen LogP contribution is -2.31. The summed E-state index contributed by atoms with van der Waals surface area (Å²) >= 11 is 0. The Morgan fingerprint density at radius 3 is 2.61 bits per heavy atom. The zero-order valence-corrected chi connectivity index (χ0v) is 18.7. The molecule has 5 nitrogen and oxygen atoms in total. The van der Waals surface area contributed by atoms with Crippen LogP contribution in [0.3, 0.4) is 0 Å². The third-order valence-corrected chi connectivity index (χ3v) is 7.02. The van der Waals surface area contributed by atoms with Crippen LogP contribution in [0.5, 0.6) is 0 Å². The van der Waals surface area contributed by atoms with Crippen LogP contribution in [0, 0.1) is 0 Å². The van der Waals surface area contributed by atoms with Gasteiger partial charge in [0.1, 0.15) is 5.82 Å². The van der Waals surface area contributed by atoms with Gasteiger partial charge in [0, 0.05) is 55.3 Å². The van der Waals surface area contributed by atoms with Crippen molar-refractivity contribution >= 4 is 28.3 Å². The van der Waals surface area contributed by atoms with E-state index in [0.717, 1.165) is 47.6 Å². The predicted molar refractivity (Wildman–Crippen MR) is 133 cm³/mol. The van der Waals surface area contributed by atoms with Gasteiger partial charge in [0.2, 0.25) is 5.91 Å². The fourth-order valence-electron chi connectivity index (χ4n) is 5.49. The van der Waals surface area contributed by atoms with Gasteiger partial charge < -0.3 is 14.8 Å². The molecule has 0 bridgehead atoms. The van der Waals surface area contributed by atoms with E-state index in [9.17, 15) is 4.79 Å². The lowest BCUT2D eigenvalue weighted by Gasteiger charge is -2.31. The second-order valence-corrected chi connectivity index (χ2v) is 9.17. The first-order valence-corrected chi connectivity index (χ1v) is 11.9. The van der Waals surface area contributed by atoms with Crippen LogP contribution in [0.25, 0.3) is 10.9 Å². The van der Waals surface area contributed by atoms with Crippen molar-refractivity contribution in [3.05, 3.63) is 89.7 Å². The van der Waals surface area contributed by atoms with Gasteiger partial charge in [-0.3, -0.25) is 4.79 Å². The molecule has 166 valence electrons. The van der Waals surface area contributed by atoms with E-state index >= 15 is 0 Å². The number of hydrogen-bond acceptors (Lipinski definition) is 3. The molecule has 1 amide bonds.